The molecule has 6 heteroatoms. The summed E-state index contributed by atoms with van der Waals surface area (Å²) in [5.41, 5.74) is 0. The molecule has 0 aromatic carbocycles. The van der Waals surface area contributed by atoms with E-state index in [9.17, 15) is 0 Å². The van der Waals surface area contributed by atoms with Crippen molar-refractivity contribution < 1.29 is 0 Å². The number of nitrogens with zero attached hydrogens (tertiary/aromatic N) is 3. The van der Waals surface area contributed by atoms with E-state index in [2.05, 4.69) is 25.9 Å². The molecule has 0 amide bonds. The summed E-state index contributed by atoms with van der Waals surface area (Å²) in [6.07, 6.45) is 6.20. The fourth-order valence-corrected chi connectivity index (χ4v) is 2.72. The Morgan fingerprint density at radius 2 is 1.89 bits per heavy atom. The fourth-order valence-electron chi connectivity index (χ4n) is 2.04. The number of hydrogen-bond donors (Lipinski definition) is 0. The van der Waals surface area contributed by atoms with Crippen molar-refractivity contribution in [2.24, 2.45) is 5.10 Å². The Hall–Kier alpha value is 0.140. The van der Waals surface area contributed by atoms with Gasteiger partial charge in [-0.1, -0.05) is 61.0 Å². The van der Waals surface area contributed by atoms with Crippen LogP contribution < -0.4 is 0 Å². The van der Waals surface area contributed by atoms with Crippen LogP contribution in [0.25, 0.3) is 0 Å². The third-order valence-electron chi connectivity index (χ3n) is 3.03. The van der Waals surface area contributed by atoms with Crippen LogP contribution in [-0.4, -0.2) is 38.8 Å². The molecule has 1 heterocycles. The van der Waals surface area contributed by atoms with E-state index in [1.807, 2.05) is 9.91 Å². The van der Waals surface area contributed by atoms with E-state index >= 15 is 0 Å². The van der Waals surface area contributed by atoms with Gasteiger partial charge in [-0.25, -0.2) is 0 Å². The molecule has 106 valence electrons. The molecule has 0 bridgehead atoms. The van der Waals surface area contributed by atoms with Crippen LogP contribution in [0.15, 0.2) is 5.10 Å². The zero-order chi connectivity index (χ0) is 13.8. The molecule has 0 radical (unpaired) electrons. The van der Waals surface area contributed by atoms with Crippen LogP contribution in [-0.2, 0) is 0 Å². The highest BCUT2D eigenvalue weighted by molar-refractivity contribution is 6.68. The first-order valence-corrected chi connectivity index (χ1v) is 7.66. The number of rotatable bonds is 6. The van der Waals surface area contributed by atoms with E-state index in [1.54, 1.807) is 6.34 Å². The molecule has 1 aliphatic rings. The van der Waals surface area contributed by atoms with Gasteiger partial charge in [-0.3, -0.25) is 5.01 Å². The quantitative estimate of drug-likeness (QED) is 0.539. The summed E-state index contributed by atoms with van der Waals surface area (Å²) >= 11 is 18.2. The van der Waals surface area contributed by atoms with Crippen LogP contribution in [0.2, 0.25) is 0 Å². The maximum absolute atomic E-state index is 6.08. The average molecular weight is 315 g/mol. The molecular weight excluding hydrogens is 293 g/mol. The van der Waals surface area contributed by atoms with E-state index in [-0.39, 0.29) is 12.2 Å². The molecule has 3 nitrogen and oxygen atoms in total. The maximum Gasteiger partial charge on any atom is 0.230 e. The lowest BCUT2D eigenvalue weighted by molar-refractivity contribution is 0.113. The smallest absolute Gasteiger partial charge is 0.230 e. The van der Waals surface area contributed by atoms with Crippen LogP contribution >= 0.6 is 34.8 Å². The molecule has 0 aliphatic carbocycles. The summed E-state index contributed by atoms with van der Waals surface area (Å²) in [7, 11) is 0. The molecule has 1 atom stereocenters. The number of unbranched alkanes of at least 4 members (excludes halogenated alkanes) is 3. The minimum absolute atomic E-state index is 0.259. The van der Waals surface area contributed by atoms with Gasteiger partial charge in [-0.2, -0.15) is 5.10 Å². The van der Waals surface area contributed by atoms with Crippen LogP contribution in [0.4, 0.5) is 0 Å². The number of hydrazone groups is 1. The van der Waals surface area contributed by atoms with Gasteiger partial charge < -0.3 is 4.90 Å². The minimum atomic E-state index is -1.36. The second-order valence-electron chi connectivity index (χ2n) is 4.91. The van der Waals surface area contributed by atoms with Gasteiger partial charge >= 0.3 is 0 Å². The lowest BCUT2D eigenvalue weighted by Gasteiger charge is -2.37. The Morgan fingerprint density at radius 1 is 1.22 bits per heavy atom. The number of halogens is 3. The first-order chi connectivity index (χ1) is 8.38. The topological polar surface area (TPSA) is 18.8 Å². The second kappa shape index (κ2) is 7.06. The zero-order valence-corrected chi connectivity index (χ0v) is 13.5. The summed E-state index contributed by atoms with van der Waals surface area (Å²) in [6, 6.07) is 0.259. The Bertz CT molecular complexity index is 276. The molecule has 1 unspecified atom stereocenters. The third kappa shape index (κ3) is 4.36. The summed E-state index contributed by atoms with van der Waals surface area (Å²) < 4.78 is -1.36. The SMILES string of the molecule is CCCCCCN1N=CN(C(C)C)C1C(Cl)(Cl)Cl. The van der Waals surface area contributed by atoms with E-state index < -0.39 is 3.79 Å². The number of hydrogen-bond acceptors (Lipinski definition) is 3. The van der Waals surface area contributed by atoms with Crippen molar-refractivity contribution in [1.29, 1.82) is 0 Å². The molecule has 18 heavy (non-hydrogen) atoms. The van der Waals surface area contributed by atoms with Crippen molar-refractivity contribution in [3.8, 4) is 0 Å². The monoisotopic (exact) mass is 313 g/mol. The van der Waals surface area contributed by atoms with Crippen LogP contribution in [0, 0.1) is 0 Å². The van der Waals surface area contributed by atoms with Crippen LogP contribution in [0.1, 0.15) is 46.5 Å². The van der Waals surface area contributed by atoms with E-state index in [4.69, 9.17) is 34.8 Å². The minimum Gasteiger partial charge on any atom is -0.333 e. The predicted octanol–water partition coefficient (Wildman–Crippen LogP) is 4.23. The molecule has 0 saturated heterocycles. The molecule has 0 aromatic heterocycles. The highest BCUT2D eigenvalue weighted by atomic mass is 35.6. The fraction of sp³-hybridized carbons (Fsp3) is 0.917. The van der Waals surface area contributed by atoms with Gasteiger partial charge in [0.25, 0.3) is 0 Å². The van der Waals surface area contributed by atoms with Gasteiger partial charge in [0, 0.05) is 12.6 Å². The van der Waals surface area contributed by atoms with Crippen LogP contribution in [0.3, 0.4) is 0 Å². The van der Waals surface area contributed by atoms with Gasteiger partial charge in [0.1, 0.15) is 6.34 Å². The maximum atomic E-state index is 6.08. The van der Waals surface area contributed by atoms with E-state index in [0.717, 1.165) is 13.0 Å². The first-order valence-electron chi connectivity index (χ1n) is 6.52. The van der Waals surface area contributed by atoms with Gasteiger partial charge in [0.2, 0.25) is 3.79 Å². The van der Waals surface area contributed by atoms with E-state index in [0.29, 0.717) is 0 Å². The Kier molecular flexibility index (Phi) is 6.36. The Balaban J connectivity index is 2.59. The average Bonchev–Trinajstić information content (AvgIpc) is 2.68. The van der Waals surface area contributed by atoms with Crippen LogP contribution in [0.5, 0.6) is 0 Å². The highest BCUT2D eigenvalue weighted by Gasteiger charge is 2.44. The lowest BCUT2D eigenvalue weighted by Crippen LogP contribution is -2.51. The van der Waals surface area contributed by atoms with Gasteiger partial charge in [0.15, 0.2) is 6.17 Å². The van der Waals surface area contributed by atoms with Gasteiger partial charge in [0.05, 0.1) is 0 Å². The Labute approximate surface area is 125 Å². The van der Waals surface area contributed by atoms with Crippen molar-refractivity contribution in [3.05, 3.63) is 0 Å². The van der Waals surface area contributed by atoms with Crippen molar-refractivity contribution in [2.75, 3.05) is 6.54 Å². The zero-order valence-electron chi connectivity index (χ0n) is 11.2. The molecular formula is C12H22Cl3N3. The van der Waals surface area contributed by atoms with Gasteiger partial charge in [-0.15, -0.1) is 0 Å². The summed E-state index contributed by atoms with van der Waals surface area (Å²) in [5.74, 6) is 0. The third-order valence-corrected chi connectivity index (χ3v) is 3.61. The Morgan fingerprint density at radius 3 is 2.39 bits per heavy atom. The molecule has 0 fully saturated rings. The van der Waals surface area contributed by atoms with Crippen molar-refractivity contribution in [1.82, 2.24) is 9.91 Å². The normalized spacial score (nSPS) is 20.3. The van der Waals surface area contributed by atoms with Crippen molar-refractivity contribution in [2.45, 2.75) is 62.5 Å². The summed E-state index contributed by atoms with van der Waals surface area (Å²) in [6.45, 7) is 7.16. The molecule has 1 rings (SSSR count). The lowest BCUT2D eigenvalue weighted by atomic mass is 10.2. The standard InChI is InChI=1S/C12H22Cl3N3/c1-4-5-6-7-8-18-11(12(13,14)15)17(9-16-18)10(2)3/h9-11H,4-8H2,1-3H3. The second-order valence-corrected chi connectivity index (χ2v) is 7.28. The largest absolute Gasteiger partial charge is 0.333 e. The van der Waals surface area contributed by atoms with Gasteiger partial charge in [-0.05, 0) is 20.3 Å². The summed E-state index contributed by atoms with van der Waals surface area (Å²) in [4.78, 5) is 1.99. The molecule has 0 spiro atoms. The summed E-state index contributed by atoms with van der Waals surface area (Å²) in [5, 5.41) is 6.26. The molecule has 0 aromatic rings. The van der Waals surface area contributed by atoms with Crippen molar-refractivity contribution >= 4 is 41.1 Å². The highest BCUT2D eigenvalue weighted by Crippen LogP contribution is 2.38. The number of alkyl halides is 3. The molecule has 1 aliphatic heterocycles. The predicted molar refractivity (Wildman–Crippen MR) is 80.4 cm³/mol. The van der Waals surface area contributed by atoms with Crippen molar-refractivity contribution in [3.63, 3.8) is 0 Å². The first kappa shape index (κ1) is 16.2. The molecule has 0 saturated carbocycles. The molecule has 0 N–H and O–H groups in total. The van der Waals surface area contributed by atoms with E-state index in [1.165, 1.54) is 19.3 Å².